The summed E-state index contributed by atoms with van der Waals surface area (Å²) in [6, 6.07) is 6.29. The zero-order chi connectivity index (χ0) is 23.4. The van der Waals surface area contributed by atoms with E-state index in [9.17, 15) is 9.59 Å². The quantitative estimate of drug-likeness (QED) is 0.450. The average Bonchev–Trinajstić information content (AvgIpc) is 3.54. The van der Waals surface area contributed by atoms with E-state index in [-0.39, 0.29) is 10.8 Å². The number of hydrogen-bond donors (Lipinski definition) is 2. The fraction of sp³-hybridized carbons (Fsp3) is 0.417. The first kappa shape index (κ1) is 21.7. The third kappa shape index (κ3) is 3.79. The average molecular weight is 495 g/mol. The first-order valence-electron chi connectivity index (χ1n) is 11.6. The van der Waals surface area contributed by atoms with E-state index >= 15 is 0 Å². The lowest BCUT2D eigenvalue weighted by Gasteiger charge is -2.27. The zero-order valence-corrected chi connectivity index (χ0v) is 20.8. The Balaban J connectivity index is 1.26. The Kier molecular flexibility index (Phi) is 5.39. The summed E-state index contributed by atoms with van der Waals surface area (Å²) in [6.07, 6.45) is 5.14. The Bertz CT molecular complexity index is 1450. The second-order valence-electron chi connectivity index (χ2n) is 9.39. The molecule has 1 aromatic carbocycles. The van der Waals surface area contributed by atoms with E-state index in [1.54, 1.807) is 17.7 Å². The molecule has 0 spiro atoms. The van der Waals surface area contributed by atoms with Gasteiger partial charge >= 0.3 is 4.87 Å². The molecule has 1 amide bonds. The van der Waals surface area contributed by atoms with E-state index in [1.165, 1.54) is 21.8 Å². The maximum atomic E-state index is 13.3. The summed E-state index contributed by atoms with van der Waals surface area (Å²) in [5.41, 5.74) is 3.00. The SMILES string of the molecule is CN(C)C1CCN(C(=O)C2CCc3c(sc4ncnc(Nc5ccc6[nH]c(=O)sc6c5)c34)C2)C1. The van der Waals surface area contributed by atoms with Gasteiger partial charge in [0, 0.05) is 35.6 Å². The molecule has 0 bridgehead atoms. The molecule has 1 aliphatic carbocycles. The Morgan fingerprint density at radius 2 is 2.12 bits per heavy atom. The van der Waals surface area contributed by atoms with Gasteiger partial charge in [0.05, 0.1) is 15.6 Å². The molecule has 176 valence electrons. The van der Waals surface area contributed by atoms with Crippen molar-refractivity contribution >= 4 is 60.5 Å². The molecule has 10 heteroatoms. The summed E-state index contributed by atoms with van der Waals surface area (Å²) < 4.78 is 0.910. The number of carbonyl (C=O) groups excluding carboxylic acids is 1. The summed E-state index contributed by atoms with van der Waals surface area (Å²) in [5.74, 6) is 1.13. The van der Waals surface area contributed by atoms with Crippen molar-refractivity contribution in [2.75, 3.05) is 32.5 Å². The first-order valence-corrected chi connectivity index (χ1v) is 13.2. The normalized spacial score (nSPS) is 20.4. The molecular formula is C24H26N6O2S2. The topological polar surface area (TPSA) is 94.2 Å². The molecule has 4 aromatic rings. The number of H-pyrrole nitrogens is 1. The van der Waals surface area contributed by atoms with Gasteiger partial charge in [-0.3, -0.25) is 9.59 Å². The lowest BCUT2D eigenvalue weighted by Crippen LogP contribution is -2.39. The Hall–Kier alpha value is -2.82. The molecule has 0 saturated carbocycles. The zero-order valence-electron chi connectivity index (χ0n) is 19.1. The molecule has 2 N–H and O–H groups in total. The standard InChI is InChI=1S/C24H26N6O2S2/c1-29(2)15-7-8-30(11-15)23(31)13-3-5-16-18(9-13)33-22-20(16)21(25-12-26-22)27-14-4-6-17-19(10-14)34-24(32)28-17/h4,6,10,12-13,15H,3,5,7-9,11H2,1-2H3,(H,28,32)(H,25,26,27). The molecule has 4 heterocycles. The van der Waals surface area contributed by atoms with Crippen LogP contribution in [0, 0.1) is 5.92 Å². The van der Waals surface area contributed by atoms with Gasteiger partial charge in [-0.15, -0.1) is 11.3 Å². The lowest BCUT2D eigenvalue weighted by molar-refractivity contribution is -0.134. The number of aryl methyl sites for hydroxylation is 1. The summed E-state index contributed by atoms with van der Waals surface area (Å²) in [4.78, 5) is 43.3. The molecule has 0 radical (unpaired) electrons. The second-order valence-corrected chi connectivity index (χ2v) is 11.5. The van der Waals surface area contributed by atoms with E-state index < -0.39 is 0 Å². The Morgan fingerprint density at radius 1 is 1.24 bits per heavy atom. The molecule has 34 heavy (non-hydrogen) atoms. The number of rotatable bonds is 4. The van der Waals surface area contributed by atoms with Crippen LogP contribution in [0.25, 0.3) is 20.4 Å². The maximum absolute atomic E-state index is 13.3. The van der Waals surface area contributed by atoms with Crippen LogP contribution in [0.3, 0.4) is 0 Å². The fourth-order valence-corrected chi connectivity index (χ4v) is 7.24. The number of thiazole rings is 1. The van der Waals surface area contributed by atoms with Crippen molar-refractivity contribution in [1.29, 1.82) is 0 Å². The minimum absolute atomic E-state index is 0.0459. The van der Waals surface area contributed by atoms with Gasteiger partial charge in [0.2, 0.25) is 5.91 Å². The van der Waals surface area contributed by atoms with Gasteiger partial charge in [0.15, 0.2) is 0 Å². The van der Waals surface area contributed by atoms with Gasteiger partial charge in [-0.25, -0.2) is 9.97 Å². The van der Waals surface area contributed by atoms with Crippen LogP contribution in [-0.2, 0) is 17.6 Å². The molecular weight excluding hydrogens is 468 g/mol. The first-order chi connectivity index (χ1) is 16.5. The molecule has 6 rings (SSSR count). The van der Waals surface area contributed by atoms with Crippen LogP contribution >= 0.6 is 22.7 Å². The number of likely N-dealkylation sites (tertiary alicyclic amines) is 1. The van der Waals surface area contributed by atoms with E-state index in [4.69, 9.17) is 0 Å². The van der Waals surface area contributed by atoms with Crippen LogP contribution in [0.5, 0.6) is 0 Å². The molecule has 1 saturated heterocycles. The minimum atomic E-state index is -0.0567. The number of aromatic nitrogens is 3. The molecule has 1 fully saturated rings. The monoisotopic (exact) mass is 494 g/mol. The van der Waals surface area contributed by atoms with Crippen LogP contribution in [0.15, 0.2) is 29.3 Å². The number of thiophene rings is 1. The van der Waals surface area contributed by atoms with Crippen molar-refractivity contribution in [3.63, 3.8) is 0 Å². The van der Waals surface area contributed by atoms with Crippen molar-refractivity contribution in [3.8, 4) is 0 Å². The van der Waals surface area contributed by atoms with Gasteiger partial charge in [0.1, 0.15) is 17.0 Å². The molecule has 2 atom stereocenters. The highest BCUT2D eigenvalue weighted by atomic mass is 32.1. The largest absolute Gasteiger partial charge is 0.341 e. The molecule has 8 nitrogen and oxygen atoms in total. The van der Waals surface area contributed by atoms with Gasteiger partial charge in [0.25, 0.3) is 0 Å². The van der Waals surface area contributed by atoms with Gasteiger partial charge < -0.3 is 20.1 Å². The van der Waals surface area contributed by atoms with Crippen molar-refractivity contribution < 1.29 is 4.79 Å². The molecule has 3 aromatic heterocycles. The smallest absolute Gasteiger partial charge is 0.305 e. The van der Waals surface area contributed by atoms with Gasteiger partial charge in [-0.2, -0.15) is 0 Å². The van der Waals surface area contributed by atoms with E-state index in [2.05, 4.69) is 44.2 Å². The fourth-order valence-electron chi connectivity index (χ4n) is 5.20. The third-order valence-corrected chi connectivity index (χ3v) is 9.09. The van der Waals surface area contributed by atoms with Crippen molar-refractivity contribution in [2.45, 2.75) is 31.7 Å². The Morgan fingerprint density at radius 3 is 2.94 bits per heavy atom. The van der Waals surface area contributed by atoms with E-state index in [1.807, 2.05) is 18.2 Å². The number of nitrogens with zero attached hydrogens (tertiary/aromatic N) is 4. The van der Waals surface area contributed by atoms with Crippen LogP contribution in [0.1, 0.15) is 23.3 Å². The highest BCUT2D eigenvalue weighted by Crippen LogP contribution is 2.41. The summed E-state index contributed by atoms with van der Waals surface area (Å²) in [7, 11) is 4.18. The summed E-state index contributed by atoms with van der Waals surface area (Å²) >= 11 is 2.88. The number of nitrogens with one attached hydrogen (secondary N) is 2. The second kappa shape index (κ2) is 8.44. The van der Waals surface area contributed by atoms with Crippen molar-refractivity contribution in [1.82, 2.24) is 24.8 Å². The molecule has 1 aliphatic heterocycles. The van der Waals surface area contributed by atoms with Gasteiger partial charge in [-0.1, -0.05) is 11.3 Å². The number of benzene rings is 1. The number of likely N-dealkylation sites (N-methyl/N-ethyl adjacent to an activating group) is 1. The Labute approximate surface area is 204 Å². The van der Waals surface area contributed by atoms with Gasteiger partial charge in [-0.05, 0) is 63.5 Å². The highest BCUT2D eigenvalue weighted by Gasteiger charge is 2.35. The number of hydrogen-bond acceptors (Lipinski definition) is 8. The van der Waals surface area contributed by atoms with Crippen molar-refractivity contribution in [2.24, 2.45) is 5.92 Å². The summed E-state index contributed by atoms with van der Waals surface area (Å²) in [5, 5.41) is 4.50. The number of carbonyl (C=O) groups is 1. The van der Waals surface area contributed by atoms with Crippen LogP contribution < -0.4 is 10.2 Å². The lowest BCUT2D eigenvalue weighted by atomic mass is 9.87. The molecule has 2 unspecified atom stereocenters. The maximum Gasteiger partial charge on any atom is 0.305 e. The van der Waals surface area contributed by atoms with Crippen molar-refractivity contribution in [3.05, 3.63) is 44.6 Å². The minimum Gasteiger partial charge on any atom is -0.341 e. The van der Waals surface area contributed by atoms with Crippen LogP contribution in [0.4, 0.5) is 11.5 Å². The third-order valence-electron chi connectivity index (χ3n) is 7.08. The highest BCUT2D eigenvalue weighted by molar-refractivity contribution is 7.19. The molecule has 2 aliphatic rings. The number of fused-ring (bicyclic) bond motifs is 4. The summed E-state index contributed by atoms with van der Waals surface area (Å²) in [6.45, 7) is 1.69. The van der Waals surface area contributed by atoms with E-state index in [0.717, 1.165) is 70.7 Å². The van der Waals surface area contributed by atoms with Crippen LogP contribution in [0.2, 0.25) is 0 Å². The predicted octanol–water partition coefficient (Wildman–Crippen LogP) is 3.61. The van der Waals surface area contributed by atoms with E-state index in [0.29, 0.717) is 11.9 Å². The number of aromatic amines is 1. The van der Waals surface area contributed by atoms with Crippen LogP contribution in [-0.4, -0.2) is 63.9 Å². The number of amides is 1. The number of anilines is 2. The predicted molar refractivity (Wildman–Crippen MR) is 137 cm³/mol.